The van der Waals surface area contributed by atoms with Gasteiger partial charge in [-0.05, 0) is 36.1 Å². The Kier molecular flexibility index (Phi) is 27.7. The molecule has 0 saturated carbocycles. The summed E-state index contributed by atoms with van der Waals surface area (Å²) in [6.07, 6.45) is 5.48. The van der Waals surface area contributed by atoms with Crippen LogP contribution in [0.15, 0.2) is 84.3 Å². The summed E-state index contributed by atoms with van der Waals surface area (Å²) in [6.45, 7) is 13.0. The summed E-state index contributed by atoms with van der Waals surface area (Å²) in [7, 11) is 0. The first kappa shape index (κ1) is 40.9. The van der Waals surface area contributed by atoms with Crippen molar-refractivity contribution in [2.45, 2.75) is 41.5 Å². The van der Waals surface area contributed by atoms with E-state index in [0.29, 0.717) is 17.3 Å². The number of nitrogen functional groups attached to an aromatic ring is 1. The maximum absolute atomic E-state index is 8.56. The van der Waals surface area contributed by atoms with Crippen LogP contribution in [0.4, 0.5) is 15.4 Å². The Labute approximate surface area is 245 Å². The number of nitrogens with zero attached hydrogens (tertiary/aromatic N) is 6. The van der Waals surface area contributed by atoms with Gasteiger partial charge in [-0.25, -0.2) is 14.6 Å². The topological polar surface area (TPSA) is 242 Å². The minimum Gasteiger partial charge on any atom is -0.450 e. The molecule has 0 spiro atoms. The van der Waals surface area contributed by atoms with Crippen molar-refractivity contribution >= 4 is 18.1 Å². The highest BCUT2D eigenvalue weighted by Crippen LogP contribution is 2.13. The first-order valence-electron chi connectivity index (χ1n) is 12.2. The molecular weight excluding hydrogens is 546 g/mol. The third kappa shape index (κ3) is 38.9. The molecule has 0 saturated heterocycles. The Morgan fingerprint density at radius 1 is 0.810 bits per heavy atom. The largest absolute Gasteiger partial charge is 0.503 e. The fourth-order valence-electron chi connectivity index (χ4n) is 1.62. The van der Waals surface area contributed by atoms with Gasteiger partial charge < -0.3 is 30.6 Å². The van der Waals surface area contributed by atoms with E-state index in [-0.39, 0.29) is 0 Å². The van der Waals surface area contributed by atoms with Crippen LogP contribution in [-0.2, 0) is 0 Å². The minimum absolute atomic E-state index is 0.461. The van der Waals surface area contributed by atoms with Crippen LogP contribution < -0.4 is 5.73 Å². The Balaban J connectivity index is -0.000000444. The number of hydrogen-bond acceptors (Lipinski definition) is 10. The number of nitriles is 1. The first-order valence-corrected chi connectivity index (χ1v) is 12.2. The molecule has 0 unspecified atom stereocenters. The number of pyridine rings is 1. The Hall–Kier alpha value is -5.58. The van der Waals surface area contributed by atoms with E-state index in [2.05, 4.69) is 66.7 Å². The summed E-state index contributed by atoms with van der Waals surface area (Å²) in [5.74, 6) is 2.69. The van der Waals surface area contributed by atoms with Crippen molar-refractivity contribution in [3.8, 4) is 17.5 Å². The average Bonchev–Trinajstić information content (AvgIpc) is 3.45. The van der Waals surface area contributed by atoms with Gasteiger partial charge in [-0.2, -0.15) is 5.26 Å². The smallest absolute Gasteiger partial charge is 0.450 e. The van der Waals surface area contributed by atoms with Gasteiger partial charge in [0.2, 0.25) is 12.3 Å². The number of benzene rings is 1. The van der Waals surface area contributed by atoms with E-state index < -0.39 is 12.3 Å². The average molecular weight is 586 g/mol. The van der Waals surface area contributed by atoms with E-state index in [1.165, 1.54) is 12.6 Å². The van der Waals surface area contributed by atoms with E-state index in [1.54, 1.807) is 36.9 Å². The summed E-state index contributed by atoms with van der Waals surface area (Å²) < 4.78 is 5.00. The van der Waals surface area contributed by atoms with Crippen LogP contribution >= 0.6 is 0 Å². The van der Waals surface area contributed by atoms with Gasteiger partial charge in [0.15, 0.2) is 0 Å². The van der Waals surface area contributed by atoms with Crippen molar-refractivity contribution in [3.05, 3.63) is 85.4 Å². The second-order valence-corrected chi connectivity index (χ2v) is 8.62. The maximum atomic E-state index is 8.56. The highest BCUT2D eigenvalue weighted by atomic mass is 16.6. The van der Waals surface area contributed by atoms with Gasteiger partial charge in [-0.1, -0.05) is 59.7 Å². The van der Waals surface area contributed by atoms with Gasteiger partial charge in [0, 0.05) is 30.4 Å². The summed E-state index contributed by atoms with van der Waals surface area (Å²) >= 11 is 0. The third-order valence-electron chi connectivity index (χ3n) is 2.77. The summed E-state index contributed by atoms with van der Waals surface area (Å²) in [5.41, 5.74) is 6.79. The van der Waals surface area contributed by atoms with Crippen LogP contribution in [0.25, 0.3) is 11.5 Å². The van der Waals surface area contributed by atoms with Crippen molar-refractivity contribution < 1.29 is 34.4 Å². The van der Waals surface area contributed by atoms with Gasteiger partial charge >= 0.3 is 12.3 Å². The van der Waals surface area contributed by atoms with Crippen molar-refractivity contribution in [1.29, 1.82) is 5.26 Å². The van der Waals surface area contributed by atoms with Crippen molar-refractivity contribution in [2.75, 3.05) is 5.73 Å². The maximum Gasteiger partial charge on any atom is 0.503 e. The molecule has 6 N–H and O–H groups in total. The van der Waals surface area contributed by atoms with Crippen LogP contribution in [0, 0.1) is 23.2 Å². The van der Waals surface area contributed by atoms with Crippen LogP contribution in [0.5, 0.6) is 0 Å². The Morgan fingerprint density at radius 2 is 1.29 bits per heavy atom. The van der Waals surface area contributed by atoms with Crippen LogP contribution in [0.2, 0.25) is 0 Å². The molecule has 42 heavy (non-hydrogen) atoms. The molecule has 0 aliphatic heterocycles. The standard InChI is InChI=1S/C8H6N2O.C6H4N2.C4H5N3.2C4H10.2CH2O3/c1-2-4-7(5-3-1)8-10-9-6-11-8;7-5-6-1-3-8-4-2-6;5-4-3-6-1-2-7-4;2*1-4(2)3;2*2-1(3)4/h1-6H;1-4H;1-3H,(H2,5,7);2*4H,1-3H3;2*(H2,2,3,4). The fourth-order valence-corrected chi connectivity index (χ4v) is 1.62. The molecule has 4 rings (SSSR count). The predicted octanol–water partition coefficient (Wildman–Crippen LogP) is 6.52. The van der Waals surface area contributed by atoms with Crippen molar-refractivity contribution in [3.63, 3.8) is 0 Å². The molecule has 0 fully saturated rings. The zero-order valence-electron chi connectivity index (χ0n) is 24.4. The van der Waals surface area contributed by atoms with Gasteiger partial charge in [0.1, 0.15) is 5.82 Å². The highest BCUT2D eigenvalue weighted by molar-refractivity contribution is 5.53. The van der Waals surface area contributed by atoms with E-state index in [0.717, 1.165) is 17.4 Å². The number of anilines is 1. The molecule has 0 aliphatic carbocycles. The molecule has 0 bridgehead atoms. The van der Waals surface area contributed by atoms with Gasteiger partial charge in [0.05, 0.1) is 17.8 Å². The lowest BCUT2D eigenvalue weighted by Gasteiger charge is -1.89. The van der Waals surface area contributed by atoms with Gasteiger partial charge in [-0.15, -0.1) is 10.2 Å². The van der Waals surface area contributed by atoms with Crippen LogP contribution in [0.3, 0.4) is 0 Å². The summed E-state index contributed by atoms with van der Waals surface area (Å²) in [6, 6.07) is 15.0. The molecule has 3 heterocycles. The zero-order valence-corrected chi connectivity index (χ0v) is 24.4. The quantitative estimate of drug-likeness (QED) is 0.160. The highest BCUT2D eigenvalue weighted by Gasteiger charge is 1.99. The monoisotopic (exact) mass is 585 g/mol. The Bertz CT molecular complexity index is 1160. The second kappa shape index (κ2) is 28.4. The lowest BCUT2D eigenvalue weighted by Crippen LogP contribution is -1.87. The van der Waals surface area contributed by atoms with E-state index in [9.17, 15) is 0 Å². The number of hydrogen-bond donors (Lipinski definition) is 5. The number of nitrogens with two attached hydrogens (primary N) is 1. The SMILES string of the molecule is CC(C)C.CC(C)C.N#Cc1ccncc1.Nc1cnccn1.O=C(O)O.O=C(O)O.c1ccc(-c2nnco2)cc1. The molecule has 0 aliphatic rings. The van der Waals surface area contributed by atoms with E-state index >= 15 is 0 Å². The predicted molar refractivity (Wildman–Crippen MR) is 157 cm³/mol. The molecule has 4 aromatic rings. The molecule has 228 valence electrons. The fraction of sp³-hybridized carbons (Fsp3) is 0.286. The van der Waals surface area contributed by atoms with E-state index in [1.807, 2.05) is 36.4 Å². The van der Waals surface area contributed by atoms with Crippen molar-refractivity contribution in [2.24, 2.45) is 11.8 Å². The van der Waals surface area contributed by atoms with Gasteiger partial charge in [0.25, 0.3) is 0 Å². The van der Waals surface area contributed by atoms with Crippen molar-refractivity contribution in [1.82, 2.24) is 25.1 Å². The molecular formula is C28H39N7O7. The normalized spacial score (nSPS) is 8.36. The number of rotatable bonds is 1. The van der Waals surface area contributed by atoms with Gasteiger partial charge in [-0.3, -0.25) is 9.97 Å². The number of aromatic nitrogens is 5. The lowest BCUT2D eigenvalue weighted by atomic mass is 10.2. The first-order chi connectivity index (χ1) is 19.7. The minimum atomic E-state index is -1.83. The Morgan fingerprint density at radius 3 is 1.57 bits per heavy atom. The van der Waals surface area contributed by atoms with Crippen LogP contribution in [-0.4, -0.2) is 57.9 Å². The molecule has 14 nitrogen and oxygen atoms in total. The molecule has 14 heteroatoms. The third-order valence-corrected chi connectivity index (χ3v) is 2.77. The molecule has 1 aromatic carbocycles. The molecule has 0 atom stereocenters. The number of carboxylic acid groups (broad SMARTS) is 4. The zero-order chi connectivity index (χ0) is 32.8. The number of carbonyl (C=O) groups is 2. The lowest BCUT2D eigenvalue weighted by molar-refractivity contribution is 0.135. The summed E-state index contributed by atoms with van der Waals surface area (Å²) in [5, 5.41) is 43.5. The van der Waals surface area contributed by atoms with E-state index in [4.69, 9.17) is 45.4 Å². The molecule has 0 amide bonds. The second-order valence-electron chi connectivity index (χ2n) is 8.62. The molecule has 3 aromatic heterocycles. The molecule has 0 radical (unpaired) electrons. The van der Waals surface area contributed by atoms with Crippen LogP contribution in [0.1, 0.15) is 47.1 Å². The summed E-state index contributed by atoms with van der Waals surface area (Å²) in [4.78, 5) is 28.2.